The van der Waals surface area contributed by atoms with Crippen molar-refractivity contribution in [1.29, 1.82) is 0 Å². The smallest absolute Gasteiger partial charge is 0.0597 e. The van der Waals surface area contributed by atoms with E-state index >= 15 is 0 Å². The summed E-state index contributed by atoms with van der Waals surface area (Å²) in [4.78, 5) is 2.31. The van der Waals surface area contributed by atoms with Crippen molar-refractivity contribution in [2.45, 2.75) is 20.4 Å². The Hall–Kier alpha value is -0.540. The first-order valence-electron chi connectivity index (χ1n) is 4.95. The average Bonchev–Trinajstić information content (AvgIpc) is 2.44. The summed E-state index contributed by atoms with van der Waals surface area (Å²) in [5, 5.41) is 4.32. The van der Waals surface area contributed by atoms with Gasteiger partial charge in [-0.3, -0.25) is 9.58 Å². The van der Waals surface area contributed by atoms with Crippen LogP contribution in [0.2, 0.25) is 0 Å². The SMILES string of the molecule is CCN(CCCl)Cc1cc(C)nn1C. The molecule has 1 heterocycles. The number of aryl methyl sites for hydroxylation is 2. The van der Waals surface area contributed by atoms with Crippen LogP contribution in [0.5, 0.6) is 0 Å². The normalized spacial score (nSPS) is 11.2. The van der Waals surface area contributed by atoms with Gasteiger partial charge in [0.15, 0.2) is 0 Å². The maximum absolute atomic E-state index is 5.72. The fraction of sp³-hybridized carbons (Fsp3) is 0.700. The molecule has 0 fully saturated rings. The van der Waals surface area contributed by atoms with Crippen LogP contribution in [-0.4, -0.2) is 33.6 Å². The monoisotopic (exact) mass is 215 g/mol. The summed E-state index contributed by atoms with van der Waals surface area (Å²) in [6, 6.07) is 2.12. The van der Waals surface area contributed by atoms with Gasteiger partial charge in [0, 0.05) is 26.0 Å². The van der Waals surface area contributed by atoms with Gasteiger partial charge in [-0.25, -0.2) is 0 Å². The molecule has 0 spiro atoms. The molecular weight excluding hydrogens is 198 g/mol. The van der Waals surface area contributed by atoms with E-state index in [4.69, 9.17) is 11.6 Å². The lowest BCUT2D eigenvalue weighted by Crippen LogP contribution is -2.26. The molecule has 4 heteroatoms. The maximum Gasteiger partial charge on any atom is 0.0597 e. The summed E-state index contributed by atoms with van der Waals surface area (Å²) in [6.45, 7) is 7.05. The molecule has 1 aromatic heterocycles. The third kappa shape index (κ3) is 3.00. The standard InChI is InChI=1S/C10H18ClN3/c1-4-14(6-5-11)8-10-7-9(2)12-13(10)3/h7H,4-6,8H2,1-3H3. The quantitative estimate of drug-likeness (QED) is 0.699. The van der Waals surface area contributed by atoms with E-state index in [9.17, 15) is 0 Å². The first-order chi connectivity index (χ1) is 6.67. The third-order valence-electron chi connectivity index (χ3n) is 2.33. The Bertz CT molecular complexity index is 283. The van der Waals surface area contributed by atoms with E-state index in [0.29, 0.717) is 5.88 Å². The molecule has 0 aliphatic heterocycles. The van der Waals surface area contributed by atoms with Crippen molar-refractivity contribution >= 4 is 11.6 Å². The van der Waals surface area contributed by atoms with Gasteiger partial charge in [-0.1, -0.05) is 6.92 Å². The molecule has 0 N–H and O–H groups in total. The van der Waals surface area contributed by atoms with E-state index in [0.717, 1.165) is 25.3 Å². The molecule has 14 heavy (non-hydrogen) atoms. The van der Waals surface area contributed by atoms with Crippen LogP contribution in [0.4, 0.5) is 0 Å². The summed E-state index contributed by atoms with van der Waals surface area (Å²) in [6.07, 6.45) is 0. The van der Waals surface area contributed by atoms with E-state index < -0.39 is 0 Å². The zero-order valence-electron chi connectivity index (χ0n) is 9.13. The molecule has 0 saturated carbocycles. The minimum absolute atomic E-state index is 0.685. The maximum atomic E-state index is 5.72. The Morgan fingerprint density at radius 3 is 2.71 bits per heavy atom. The second-order valence-corrected chi connectivity index (χ2v) is 3.84. The highest BCUT2D eigenvalue weighted by molar-refractivity contribution is 6.18. The molecule has 0 amide bonds. The Kier molecular flexibility index (Phi) is 4.42. The number of hydrogen-bond acceptors (Lipinski definition) is 2. The van der Waals surface area contributed by atoms with Gasteiger partial charge in [-0.05, 0) is 19.5 Å². The average molecular weight is 216 g/mol. The zero-order valence-corrected chi connectivity index (χ0v) is 9.88. The predicted molar refractivity (Wildman–Crippen MR) is 59.6 cm³/mol. The number of nitrogens with zero attached hydrogens (tertiary/aromatic N) is 3. The molecule has 0 aromatic carbocycles. The van der Waals surface area contributed by atoms with Gasteiger partial charge in [0.1, 0.15) is 0 Å². The van der Waals surface area contributed by atoms with Crippen molar-refractivity contribution in [2.24, 2.45) is 7.05 Å². The van der Waals surface area contributed by atoms with E-state index in [1.54, 1.807) is 0 Å². The zero-order chi connectivity index (χ0) is 10.6. The largest absolute Gasteiger partial charge is 0.297 e. The summed E-state index contributed by atoms with van der Waals surface area (Å²) in [5.41, 5.74) is 2.32. The van der Waals surface area contributed by atoms with Crippen molar-refractivity contribution in [3.63, 3.8) is 0 Å². The van der Waals surface area contributed by atoms with Gasteiger partial charge in [-0.2, -0.15) is 5.10 Å². The number of alkyl halides is 1. The van der Waals surface area contributed by atoms with Gasteiger partial charge in [0.05, 0.1) is 11.4 Å². The van der Waals surface area contributed by atoms with Crippen LogP contribution in [0, 0.1) is 6.92 Å². The summed E-state index contributed by atoms with van der Waals surface area (Å²) in [5.74, 6) is 0.685. The van der Waals surface area contributed by atoms with Crippen LogP contribution in [0.25, 0.3) is 0 Å². The van der Waals surface area contributed by atoms with Crippen LogP contribution in [0.15, 0.2) is 6.07 Å². The molecule has 0 atom stereocenters. The molecule has 1 aromatic rings. The van der Waals surface area contributed by atoms with Crippen molar-refractivity contribution < 1.29 is 0 Å². The number of rotatable bonds is 5. The third-order valence-corrected chi connectivity index (χ3v) is 2.50. The molecule has 0 aliphatic rings. The van der Waals surface area contributed by atoms with Gasteiger partial charge in [0.25, 0.3) is 0 Å². The van der Waals surface area contributed by atoms with Crippen LogP contribution < -0.4 is 0 Å². The summed E-state index contributed by atoms with van der Waals surface area (Å²) in [7, 11) is 1.98. The van der Waals surface area contributed by atoms with Gasteiger partial charge < -0.3 is 0 Å². The molecule has 0 unspecified atom stereocenters. The summed E-state index contributed by atoms with van der Waals surface area (Å²) >= 11 is 5.72. The minimum Gasteiger partial charge on any atom is -0.297 e. The topological polar surface area (TPSA) is 21.1 Å². The lowest BCUT2D eigenvalue weighted by Gasteiger charge is -2.18. The molecule has 3 nitrogen and oxygen atoms in total. The lowest BCUT2D eigenvalue weighted by molar-refractivity contribution is 0.289. The second kappa shape index (κ2) is 5.37. The molecular formula is C10H18ClN3. The summed E-state index contributed by atoms with van der Waals surface area (Å²) < 4.78 is 1.94. The molecule has 0 bridgehead atoms. The Morgan fingerprint density at radius 1 is 1.57 bits per heavy atom. The van der Waals surface area contributed by atoms with Gasteiger partial charge in [0.2, 0.25) is 0 Å². The Labute approximate surface area is 90.7 Å². The predicted octanol–water partition coefficient (Wildman–Crippen LogP) is 1.79. The highest BCUT2D eigenvalue weighted by atomic mass is 35.5. The van der Waals surface area contributed by atoms with E-state index in [-0.39, 0.29) is 0 Å². The fourth-order valence-corrected chi connectivity index (χ4v) is 1.75. The number of aromatic nitrogens is 2. The van der Waals surface area contributed by atoms with Crippen LogP contribution in [-0.2, 0) is 13.6 Å². The van der Waals surface area contributed by atoms with E-state index in [1.807, 2.05) is 18.7 Å². The second-order valence-electron chi connectivity index (χ2n) is 3.46. The highest BCUT2D eigenvalue weighted by Crippen LogP contribution is 2.06. The minimum atomic E-state index is 0.685. The molecule has 0 radical (unpaired) electrons. The van der Waals surface area contributed by atoms with Crippen molar-refractivity contribution in [1.82, 2.24) is 14.7 Å². The van der Waals surface area contributed by atoms with Crippen molar-refractivity contribution in [3.05, 3.63) is 17.5 Å². The first-order valence-corrected chi connectivity index (χ1v) is 5.48. The highest BCUT2D eigenvalue weighted by Gasteiger charge is 2.07. The van der Waals surface area contributed by atoms with Gasteiger partial charge >= 0.3 is 0 Å². The molecule has 80 valence electrons. The van der Waals surface area contributed by atoms with E-state index in [2.05, 4.69) is 23.0 Å². The molecule has 1 rings (SSSR count). The van der Waals surface area contributed by atoms with Crippen molar-refractivity contribution in [2.75, 3.05) is 19.0 Å². The van der Waals surface area contributed by atoms with Gasteiger partial charge in [-0.15, -0.1) is 11.6 Å². The van der Waals surface area contributed by atoms with Crippen molar-refractivity contribution in [3.8, 4) is 0 Å². The first kappa shape index (κ1) is 11.5. The number of hydrogen-bond donors (Lipinski definition) is 0. The molecule has 0 aliphatic carbocycles. The Balaban J connectivity index is 2.61. The molecule has 0 saturated heterocycles. The van der Waals surface area contributed by atoms with Crippen LogP contribution in [0.3, 0.4) is 0 Å². The lowest BCUT2D eigenvalue weighted by atomic mass is 10.3. The number of halogens is 1. The van der Waals surface area contributed by atoms with Crippen LogP contribution >= 0.6 is 11.6 Å². The van der Waals surface area contributed by atoms with Crippen LogP contribution in [0.1, 0.15) is 18.3 Å². The Morgan fingerprint density at radius 2 is 2.29 bits per heavy atom. The fourth-order valence-electron chi connectivity index (χ4n) is 1.51. The van der Waals surface area contributed by atoms with E-state index in [1.165, 1.54) is 5.69 Å².